The number of ether oxygens (including phenoxy) is 8. The zero-order chi connectivity index (χ0) is 73.6. The lowest BCUT2D eigenvalue weighted by molar-refractivity contribution is -0.277. The van der Waals surface area contributed by atoms with Gasteiger partial charge in [0.15, 0.2) is 28.7 Å². The number of aliphatic hydroxyl groups excluding tert-OH is 8. The molecule has 4 aliphatic heterocycles. The zero-order valence-electron chi connectivity index (χ0n) is 57.5. The molecule has 10 rings (SSSR count). The summed E-state index contributed by atoms with van der Waals surface area (Å²) in [5.74, 6) is -3.66. The maximum Gasteiger partial charge on any atom is 0.501 e. The van der Waals surface area contributed by atoms with Gasteiger partial charge in [-0.2, -0.15) is 0 Å². The molecule has 2 aromatic heterocycles. The lowest BCUT2D eigenvalue weighted by Crippen LogP contribution is -2.60. The number of nitrogens with zero attached hydrogens (tertiary/aromatic N) is 6. The smallest absolute Gasteiger partial charge is 0.497 e. The summed E-state index contributed by atoms with van der Waals surface area (Å²) in [5, 5.41) is 93.6. The number of aromatic amines is 1. The Morgan fingerprint density at radius 1 is 0.723 bits per heavy atom. The van der Waals surface area contributed by atoms with Gasteiger partial charge in [0.1, 0.15) is 60.3 Å². The molecule has 2 fully saturated rings. The molecule has 9 N–H and O–H groups in total. The number of anilines is 1. The van der Waals surface area contributed by atoms with Crippen molar-refractivity contribution in [2.45, 2.75) is 153 Å². The Balaban J connectivity index is 0.884. The van der Waals surface area contributed by atoms with E-state index in [1.807, 2.05) is 41.5 Å². The van der Waals surface area contributed by atoms with E-state index < -0.39 is 148 Å². The molecule has 0 unspecified atom stereocenters. The fraction of sp³-hybridized carbons (Fsp3) is 0.529. The number of fused-ring (bicyclic) bond motifs is 4. The first-order valence-corrected chi connectivity index (χ1v) is 34.4. The predicted molar refractivity (Wildman–Crippen MR) is 360 cm³/mol. The Labute approximate surface area is 586 Å². The fourth-order valence-corrected chi connectivity index (χ4v) is 13.3. The van der Waals surface area contributed by atoms with Gasteiger partial charge in [0.05, 0.1) is 75.8 Å². The number of rotatable bonds is 29. The fourth-order valence-electron chi connectivity index (χ4n) is 12.3. The van der Waals surface area contributed by atoms with E-state index in [0.29, 0.717) is 33.3 Å². The van der Waals surface area contributed by atoms with Crippen LogP contribution in [0.2, 0.25) is 0 Å². The number of hydrogen-bond donors (Lipinski definition) is 9. The van der Waals surface area contributed by atoms with Crippen LogP contribution in [0.5, 0.6) is 34.5 Å². The highest BCUT2D eigenvalue weighted by Crippen LogP contribution is 2.48. The van der Waals surface area contributed by atoms with Crippen molar-refractivity contribution in [1.29, 1.82) is 0 Å². The van der Waals surface area contributed by atoms with E-state index in [1.165, 1.54) is 60.4 Å². The Morgan fingerprint density at radius 3 is 1.95 bits per heavy atom. The first kappa shape index (κ1) is 75.9. The maximum absolute atomic E-state index is 15.0. The molecule has 31 nitrogen and oxygen atoms in total. The van der Waals surface area contributed by atoms with Crippen molar-refractivity contribution in [3.05, 3.63) is 102 Å². The zero-order valence-corrected chi connectivity index (χ0v) is 59.1. The van der Waals surface area contributed by atoms with Gasteiger partial charge < -0.3 is 102 Å². The van der Waals surface area contributed by atoms with Gasteiger partial charge in [-0.3, -0.25) is 24.1 Å². The molecule has 101 heavy (non-hydrogen) atoms. The number of methoxy groups -OCH3 is 1. The number of carbonyl (C=O) groups is 4. The van der Waals surface area contributed by atoms with Crippen LogP contribution in [-0.2, 0) is 50.9 Å². The number of carbonyl (C=O) groups excluding carboxylic acids is 4. The molecule has 0 radical (unpaired) electrons. The number of hydrogen-bond acceptors (Lipinski definition) is 26. The van der Waals surface area contributed by atoms with Gasteiger partial charge in [-0.15, -0.1) is 25.1 Å². The van der Waals surface area contributed by atoms with Crippen molar-refractivity contribution in [3.8, 4) is 34.5 Å². The third-order valence-electron chi connectivity index (χ3n) is 17.7. The number of benzene rings is 4. The molecular formula is C68H86ClN7O24S. The molecule has 4 amide bonds. The van der Waals surface area contributed by atoms with Crippen molar-refractivity contribution >= 4 is 73.0 Å². The van der Waals surface area contributed by atoms with E-state index in [-0.39, 0.29) is 91.5 Å². The highest BCUT2D eigenvalue weighted by atomic mass is 35.5. The number of alkyl halides is 1. The Morgan fingerprint density at radius 2 is 1.34 bits per heavy atom. The van der Waals surface area contributed by atoms with Gasteiger partial charge in [0, 0.05) is 95.1 Å². The van der Waals surface area contributed by atoms with Crippen LogP contribution in [0.4, 0.5) is 5.69 Å². The van der Waals surface area contributed by atoms with Crippen molar-refractivity contribution in [2.24, 2.45) is 5.41 Å². The number of H-pyrrole nitrogens is 1. The minimum Gasteiger partial charge on any atom is -0.497 e. The van der Waals surface area contributed by atoms with Gasteiger partial charge in [0.25, 0.3) is 23.6 Å². The first-order valence-electron chi connectivity index (χ1n) is 32.5. The van der Waals surface area contributed by atoms with Crippen LogP contribution in [0.1, 0.15) is 100 Å². The summed E-state index contributed by atoms with van der Waals surface area (Å²) in [6, 6.07) is 14.1. The van der Waals surface area contributed by atoms with E-state index in [4.69, 9.17) is 57.9 Å². The van der Waals surface area contributed by atoms with Crippen LogP contribution in [0, 0.1) is 5.41 Å². The summed E-state index contributed by atoms with van der Waals surface area (Å²) >= 11 is 6.68. The molecule has 6 heterocycles. The monoisotopic (exact) mass is 1450 g/mol. The SMILES string of the molecule is CCOc1cc2cc(C(=O)N3C[C@@H](CCl)c4c3cc(OS(=O)(=O)Oc3cc(C(=O)N(C)CC(C)(C)COC(C)(C)Cn5cc(C(C)(C)COC(C)(C)CN6C(=O)C=CC6=O)nn5)ccc3O[C@@H]3O[C@H](CO)[C@H](O)[C@H](O)[C@H]3O)c3ccc(OC)cc43)[nH]c2cc1O[C@@H]1O[C@H](CO)[C@H](O)[C@H](O)[C@H]1O. The average Bonchev–Trinajstić information content (AvgIpc) is 1.62. The second kappa shape index (κ2) is 29.9. The van der Waals surface area contributed by atoms with Crippen molar-refractivity contribution in [2.75, 3.05) is 77.6 Å². The predicted octanol–water partition coefficient (Wildman–Crippen LogP) is 2.95. The lowest BCUT2D eigenvalue weighted by atomic mass is 9.90. The Bertz CT molecular complexity index is 4180. The van der Waals surface area contributed by atoms with Crippen molar-refractivity contribution < 1.29 is 115 Å². The summed E-state index contributed by atoms with van der Waals surface area (Å²) in [6.07, 6.45) is -12.7. The van der Waals surface area contributed by atoms with Crippen LogP contribution < -0.4 is 32.2 Å². The second-order valence-corrected chi connectivity index (χ2v) is 29.5. The summed E-state index contributed by atoms with van der Waals surface area (Å²) in [6.45, 7) is 16.0. The standard InChI is InChI=1S/C68H86ClN7O24S/c1-12-92-46-21-36-19-42(70-41(36)23-47(46)96-64-60(86)58(84)56(82)50(29-78)98-64)62(88)75-26-37(25-69)54-40-22-38(91-11)14-15-39(40)45(24-43(54)75)99-101(89,90)100-48-20-35(13-16-44(48)95-63-59(85)57(83)55(81)49(28-77)97-63)61(87)73(10)30-65(2,3)33-93-67(6,7)31-74-27-51(71-72-74)66(4,5)34-94-68(8,9)32-76-52(79)17-18-53(76)80/h13-24,27,37,49-50,55-60,63-64,70,77-78,81-86H,12,25-26,28-34H2,1-11H3/t37-,49-,50-,55+,56+,57+,58+,59-,60-,63-,64-/m1/s1. The van der Waals surface area contributed by atoms with E-state index in [0.717, 1.165) is 17.0 Å². The minimum absolute atomic E-state index is 0.00170. The normalized spacial score (nSPS) is 23.6. The number of imide groups is 1. The van der Waals surface area contributed by atoms with Crippen LogP contribution in [0.25, 0.3) is 21.7 Å². The number of nitrogens with one attached hydrogen (secondary N) is 1. The van der Waals surface area contributed by atoms with Gasteiger partial charge in [-0.05, 0) is 94.1 Å². The number of halogens is 1. The van der Waals surface area contributed by atoms with E-state index >= 15 is 0 Å². The quantitative estimate of drug-likeness (QED) is 0.0241. The van der Waals surface area contributed by atoms with Gasteiger partial charge in [0.2, 0.25) is 12.6 Å². The topological polar surface area (TPSA) is 413 Å². The van der Waals surface area contributed by atoms with Crippen LogP contribution in [-0.4, -0.2) is 248 Å². The molecule has 2 saturated heterocycles. The van der Waals surface area contributed by atoms with Crippen LogP contribution >= 0.6 is 11.6 Å². The molecule has 11 atom stereocenters. The molecule has 0 bridgehead atoms. The van der Waals surface area contributed by atoms with E-state index in [2.05, 4.69) is 15.3 Å². The minimum atomic E-state index is -5.39. The molecule has 0 aliphatic carbocycles. The molecular weight excluding hydrogens is 1370 g/mol. The van der Waals surface area contributed by atoms with E-state index in [9.17, 15) is 68.4 Å². The van der Waals surface area contributed by atoms with E-state index in [1.54, 1.807) is 55.9 Å². The summed E-state index contributed by atoms with van der Waals surface area (Å²) in [7, 11) is -2.44. The second-order valence-electron chi connectivity index (χ2n) is 28.1. The molecule has 0 saturated carbocycles. The third-order valence-corrected chi connectivity index (χ3v) is 18.9. The molecule has 33 heteroatoms. The summed E-state index contributed by atoms with van der Waals surface area (Å²) in [4.78, 5) is 61.0. The van der Waals surface area contributed by atoms with Gasteiger partial charge in [-0.25, -0.2) is 4.68 Å². The molecule has 6 aromatic rings. The number of aromatic nitrogens is 4. The highest BCUT2D eigenvalue weighted by Gasteiger charge is 2.47. The Kier molecular flexibility index (Phi) is 22.4. The maximum atomic E-state index is 15.0. The third kappa shape index (κ3) is 16.7. The summed E-state index contributed by atoms with van der Waals surface area (Å²) in [5.41, 5.74) is -1.52. The molecule has 0 spiro atoms. The summed E-state index contributed by atoms with van der Waals surface area (Å²) < 4.78 is 89.9. The van der Waals surface area contributed by atoms with Crippen molar-refractivity contribution in [3.63, 3.8) is 0 Å². The van der Waals surface area contributed by atoms with Crippen LogP contribution in [0.3, 0.4) is 0 Å². The lowest BCUT2D eigenvalue weighted by Gasteiger charge is -2.39. The van der Waals surface area contributed by atoms with Crippen LogP contribution in [0.15, 0.2) is 79.0 Å². The molecule has 4 aromatic carbocycles. The van der Waals surface area contributed by atoms with Crippen molar-refractivity contribution in [1.82, 2.24) is 29.8 Å². The number of amides is 4. The number of aliphatic hydroxyl groups is 8. The molecule has 550 valence electrons. The first-order chi connectivity index (χ1) is 47.5. The highest BCUT2D eigenvalue weighted by molar-refractivity contribution is 7.82. The Hall–Kier alpha value is -7.80. The van der Waals surface area contributed by atoms with Gasteiger partial charge >= 0.3 is 10.4 Å². The molecule has 4 aliphatic rings. The van der Waals surface area contributed by atoms with Gasteiger partial charge in [-0.1, -0.05) is 32.9 Å². The average molecular weight is 1450 g/mol. The largest absolute Gasteiger partial charge is 0.501 e.